The molecule has 0 atom stereocenters. The molecule has 0 aromatic heterocycles. The third-order valence-corrected chi connectivity index (χ3v) is 6.48. The molecule has 1 aromatic carbocycles. The summed E-state index contributed by atoms with van der Waals surface area (Å²) in [6, 6.07) is 1.29. The fourth-order valence-corrected chi connectivity index (χ4v) is 4.44. The van der Waals surface area contributed by atoms with Crippen LogP contribution < -0.4 is 10.1 Å². The van der Waals surface area contributed by atoms with Crippen molar-refractivity contribution >= 4 is 29.1 Å². The molecule has 3 rings (SSSR count). The Morgan fingerprint density at radius 3 is 2.78 bits per heavy atom. The molecule has 194 valence electrons. The molecular formula is C27H34ClN3O5. The number of phenols is 1. The molecule has 0 radical (unpaired) electrons. The van der Waals surface area contributed by atoms with E-state index in [1.54, 1.807) is 4.90 Å². The van der Waals surface area contributed by atoms with Crippen LogP contribution in [-0.2, 0) is 16.1 Å². The zero-order valence-corrected chi connectivity index (χ0v) is 21.5. The van der Waals surface area contributed by atoms with Crippen molar-refractivity contribution in [2.45, 2.75) is 51.9 Å². The molecule has 8 nitrogen and oxygen atoms in total. The quantitative estimate of drug-likeness (QED) is 0.329. The van der Waals surface area contributed by atoms with E-state index in [9.17, 15) is 14.7 Å². The van der Waals surface area contributed by atoms with E-state index >= 15 is 0 Å². The first-order valence-corrected chi connectivity index (χ1v) is 12.7. The number of piperidine rings is 1. The van der Waals surface area contributed by atoms with E-state index in [2.05, 4.69) is 23.1 Å². The van der Waals surface area contributed by atoms with E-state index < -0.39 is 5.91 Å². The van der Waals surface area contributed by atoms with Crippen LogP contribution in [0, 0.1) is 0 Å². The highest BCUT2D eigenvalue weighted by atomic mass is 35.5. The van der Waals surface area contributed by atoms with E-state index in [1.807, 2.05) is 19.1 Å². The number of amides is 2. The molecule has 2 heterocycles. The maximum atomic E-state index is 13.2. The molecule has 9 heteroatoms. The number of nitrogens with one attached hydrogen (secondary N) is 1. The molecule has 1 saturated heterocycles. The standard InChI is InChI=1S/C27H34ClN3O5/c1-3-35-23-17-22(32)26(28)21-16-20(30-36-18-24(33)31-13-9-6-10-14-31)15-19(2)11-7-4-5-8-12-29-27(34)25(21)23/h3-5,15,17,32H,1,6-14,16,18H2,2H3,(H,29,34)/b5-4+,19-15+,30-20-. The number of hydrogen-bond donors (Lipinski definition) is 2. The van der Waals surface area contributed by atoms with Crippen LogP contribution in [0.15, 0.2) is 47.9 Å². The predicted octanol–water partition coefficient (Wildman–Crippen LogP) is 4.91. The molecule has 0 unspecified atom stereocenters. The smallest absolute Gasteiger partial charge is 0.263 e. The van der Waals surface area contributed by atoms with Gasteiger partial charge in [0.2, 0.25) is 0 Å². The molecular weight excluding hydrogens is 482 g/mol. The Kier molecular flexibility index (Phi) is 10.4. The molecule has 2 amide bonds. The summed E-state index contributed by atoms with van der Waals surface area (Å²) >= 11 is 6.49. The minimum atomic E-state index is -0.393. The summed E-state index contributed by atoms with van der Waals surface area (Å²) in [6.07, 6.45) is 12.7. The van der Waals surface area contributed by atoms with Crippen LogP contribution in [0.25, 0.3) is 0 Å². The van der Waals surface area contributed by atoms with Crippen molar-refractivity contribution in [2.75, 3.05) is 26.2 Å². The van der Waals surface area contributed by atoms with Gasteiger partial charge in [0.05, 0.1) is 22.6 Å². The first-order chi connectivity index (χ1) is 17.4. The minimum Gasteiger partial charge on any atom is -0.506 e. The lowest BCUT2D eigenvalue weighted by atomic mass is 9.97. The second-order valence-corrected chi connectivity index (χ2v) is 9.24. The summed E-state index contributed by atoms with van der Waals surface area (Å²) in [7, 11) is 0. The van der Waals surface area contributed by atoms with Gasteiger partial charge in [-0.3, -0.25) is 9.59 Å². The Morgan fingerprint density at radius 1 is 1.28 bits per heavy atom. The minimum absolute atomic E-state index is 0.0201. The van der Waals surface area contributed by atoms with Gasteiger partial charge < -0.3 is 24.9 Å². The number of oxime groups is 1. The van der Waals surface area contributed by atoms with Crippen molar-refractivity contribution in [1.29, 1.82) is 0 Å². The number of aromatic hydroxyl groups is 1. The summed E-state index contributed by atoms with van der Waals surface area (Å²) in [5.41, 5.74) is 2.03. The molecule has 0 aliphatic carbocycles. The number of halogens is 1. The maximum absolute atomic E-state index is 13.2. The van der Waals surface area contributed by atoms with Gasteiger partial charge in [-0.15, -0.1) is 0 Å². The lowest BCUT2D eigenvalue weighted by Crippen LogP contribution is -2.37. The lowest BCUT2D eigenvalue weighted by molar-refractivity contribution is -0.137. The highest BCUT2D eigenvalue weighted by Gasteiger charge is 2.24. The topological polar surface area (TPSA) is 100 Å². The Hall–Kier alpha value is -3.26. The molecule has 2 aliphatic rings. The molecule has 0 saturated carbocycles. The number of benzene rings is 1. The van der Waals surface area contributed by atoms with Gasteiger partial charge in [0.1, 0.15) is 11.5 Å². The zero-order chi connectivity index (χ0) is 25.9. The predicted molar refractivity (Wildman–Crippen MR) is 141 cm³/mol. The Bertz CT molecular complexity index is 1060. The van der Waals surface area contributed by atoms with Crippen LogP contribution in [0.1, 0.15) is 61.4 Å². The first kappa shape index (κ1) is 27.3. The third-order valence-electron chi connectivity index (χ3n) is 6.06. The van der Waals surface area contributed by atoms with E-state index in [4.69, 9.17) is 21.2 Å². The second kappa shape index (κ2) is 13.7. The number of hydrogen-bond acceptors (Lipinski definition) is 6. The number of fused-ring (bicyclic) bond motifs is 1. The summed E-state index contributed by atoms with van der Waals surface area (Å²) in [5, 5.41) is 17.6. The number of phenolic OH excluding ortho intramolecular Hbond substituents is 1. The summed E-state index contributed by atoms with van der Waals surface area (Å²) in [4.78, 5) is 32.9. The van der Waals surface area contributed by atoms with E-state index in [-0.39, 0.29) is 41.0 Å². The van der Waals surface area contributed by atoms with Gasteiger partial charge >= 0.3 is 0 Å². The van der Waals surface area contributed by atoms with Crippen molar-refractivity contribution < 1.29 is 24.3 Å². The molecule has 2 N–H and O–H groups in total. The van der Waals surface area contributed by atoms with Crippen molar-refractivity contribution in [3.63, 3.8) is 0 Å². The summed E-state index contributed by atoms with van der Waals surface area (Å²) in [5.74, 6) is -0.605. The number of allylic oxidation sites excluding steroid dienone is 3. The van der Waals surface area contributed by atoms with Crippen LogP contribution in [-0.4, -0.2) is 53.8 Å². The van der Waals surface area contributed by atoms with Gasteiger partial charge in [-0.25, -0.2) is 0 Å². The fraction of sp³-hybridized carbons (Fsp3) is 0.444. The highest BCUT2D eigenvalue weighted by molar-refractivity contribution is 6.33. The maximum Gasteiger partial charge on any atom is 0.263 e. The van der Waals surface area contributed by atoms with Crippen molar-refractivity contribution in [3.8, 4) is 11.5 Å². The third kappa shape index (κ3) is 7.62. The average Bonchev–Trinajstić information content (AvgIpc) is 2.86. The van der Waals surface area contributed by atoms with Crippen molar-refractivity contribution in [2.24, 2.45) is 5.16 Å². The lowest BCUT2D eigenvalue weighted by Gasteiger charge is -2.26. The summed E-state index contributed by atoms with van der Waals surface area (Å²) in [6.45, 7) is 7.26. The number of carbonyl (C=O) groups excluding carboxylic acids is 2. The number of rotatable bonds is 5. The van der Waals surface area contributed by atoms with E-state index in [0.29, 0.717) is 24.2 Å². The van der Waals surface area contributed by atoms with Crippen LogP contribution in [0.4, 0.5) is 0 Å². The largest absolute Gasteiger partial charge is 0.506 e. The van der Waals surface area contributed by atoms with Gasteiger partial charge in [0.25, 0.3) is 11.8 Å². The molecule has 2 aliphatic heterocycles. The molecule has 1 fully saturated rings. The molecule has 0 spiro atoms. The Balaban J connectivity index is 1.96. The Morgan fingerprint density at radius 2 is 2.03 bits per heavy atom. The number of likely N-dealkylation sites (tertiary alicyclic amines) is 1. The van der Waals surface area contributed by atoms with Gasteiger partial charge in [0, 0.05) is 32.1 Å². The van der Waals surface area contributed by atoms with Gasteiger partial charge in [-0.1, -0.05) is 41.1 Å². The number of nitrogens with zero attached hydrogens (tertiary/aromatic N) is 2. The molecule has 0 bridgehead atoms. The average molecular weight is 516 g/mol. The molecule has 36 heavy (non-hydrogen) atoms. The SMILES string of the molecule is C=COc1cc(O)c(Cl)c2c1C(=O)NCC/C=C/CC/C(C)=C/C(=N/OCC(=O)N1CCCCC1)C2. The first-order valence-electron chi connectivity index (χ1n) is 12.3. The number of carbonyl (C=O) groups is 2. The van der Waals surface area contributed by atoms with Crippen LogP contribution in [0.2, 0.25) is 5.02 Å². The number of ether oxygens (including phenoxy) is 1. The van der Waals surface area contributed by atoms with Gasteiger partial charge in [0.15, 0.2) is 6.61 Å². The van der Waals surface area contributed by atoms with E-state index in [0.717, 1.165) is 50.8 Å². The normalized spacial score (nSPS) is 20.8. The van der Waals surface area contributed by atoms with Crippen LogP contribution in [0.5, 0.6) is 11.5 Å². The highest BCUT2D eigenvalue weighted by Crippen LogP contribution is 2.37. The monoisotopic (exact) mass is 515 g/mol. The summed E-state index contributed by atoms with van der Waals surface area (Å²) < 4.78 is 5.45. The van der Waals surface area contributed by atoms with Crippen molar-refractivity contribution in [3.05, 3.63) is 58.9 Å². The zero-order valence-electron chi connectivity index (χ0n) is 20.7. The molecule has 1 aromatic rings. The van der Waals surface area contributed by atoms with Gasteiger partial charge in [-0.05, 0) is 57.1 Å². The van der Waals surface area contributed by atoms with E-state index in [1.165, 1.54) is 12.3 Å². The van der Waals surface area contributed by atoms with Crippen LogP contribution >= 0.6 is 11.6 Å². The van der Waals surface area contributed by atoms with Crippen molar-refractivity contribution in [1.82, 2.24) is 10.2 Å². The van der Waals surface area contributed by atoms with Gasteiger partial charge in [-0.2, -0.15) is 0 Å². The fourth-order valence-electron chi connectivity index (χ4n) is 4.23. The van der Waals surface area contributed by atoms with Crippen LogP contribution in [0.3, 0.4) is 0 Å². The Labute approximate surface area is 217 Å². The second-order valence-electron chi connectivity index (χ2n) is 8.87.